The first kappa shape index (κ1) is 28.5. The van der Waals surface area contributed by atoms with Gasteiger partial charge in [-0.1, -0.05) is 56.3 Å². The largest absolute Gasteiger partial charge is 0.467 e. The molecule has 0 saturated carbocycles. The molecule has 7 rings (SSSR count). The molecule has 0 amide bonds. The molecule has 11 nitrogen and oxygen atoms in total. The molecule has 0 radical (unpaired) electrons. The molecule has 230 valence electrons. The summed E-state index contributed by atoms with van der Waals surface area (Å²) in [5, 5.41) is 1.11. The SMILES string of the molecule is COC(=O)[C@@H]1Cc2c([nH]c3ccccc23)[C@H](c2ccc(C(C)C)cc2)N1c1nc(N2CCOCC2)nc(N2CCOCC2)n1. The number of para-hydroxylation sites is 1. The molecule has 44 heavy (non-hydrogen) atoms. The van der Waals surface area contributed by atoms with Crippen molar-refractivity contribution in [1.29, 1.82) is 0 Å². The van der Waals surface area contributed by atoms with E-state index in [9.17, 15) is 4.79 Å². The maximum atomic E-state index is 13.7. The monoisotopic (exact) mass is 597 g/mol. The predicted molar refractivity (Wildman–Crippen MR) is 169 cm³/mol. The molecule has 3 aliphatic heterocycles. The molecule has 0 aliphatic carbocycles. The molecule has 5 heterocycles. The summed E-state index contributed by atoms with van der Waals surface area (Å²) < 4.78 is 16.7. The van der Waals surface area contributed by atoms with Gasteiger partial charge in [0.15, 0.2) is 0 Å². The van der Waals surface area contributed by atoms with Gasteiger partial charge in [0.25, 0.3) is 0 Å². The lowest BCUT2D eigenvalue weighted by molar-refractivity contribution is -0.142. The molecular weight excluding hydrogens is 558 g/mol. The smallest absolute Gasteiger partial charge is 0.328 e. The predicted octanol–water partition coefficient (Wildman–Crippen LogP) is 3.84. The molecule has 2 atom stereocenters. The number of benzene rings is 2. The number of hydrogen-bond donors (Lipinski definition) is 1. The molecule has 0 bridgehead atoms. The van der Waals surface area contributed by atoms with Crippen LogP contribution in [0.4, 0.5) is 17.8 Å². The highest BCUT2D eigenvalue weighted by molar-refractivity contribution is 5.89. The molecule has 11 heteroatoms. The van der Waals surface area contributed by atoms with Crippen molar-refractivity contribution in [3.8, 4) is 0 Å². The number of carbonyl (C=O) groups is 1. The summed E-state index contributed by atoms with van der Waals surface area (Å²) in [4.78, 5) is 38.9. The van der Waals surface area contributed by atoms with Crippen LogP contribution in [0.15, 0.2) is 48.5 Å². The van der Waals surface area contributed by atoms with Gasteiger partial charge < -0.3 is 33.9 Å². The lowest BCUT2D eigenvalue weighted by Gasteiger charge is -2.41. The van der Waals surface area contributed by atoms with Gasteiger partial charge in [0.2, 0.25) is 17.8 Å². The number of methoxy groups -OCH3 is 1. The number of H-pyrrole nitrogens is 1. The Kier molecular flexibility index (Phi) is 7.82. The zero-order chi connectivity index (χ0) is 30.2. The van der Waals surface area contributed by atoms with Crippen molar-refractivity contribution in [2.45, 2.75) is 38.3 Å². The van der Waals surface area contributed by atoms with Crippen LogP contribution in [-0.4, -0.2) is 91.7 Å². The zero-order valence-corrected chi connectivity index (χ0v) is 25.5. The van der Waals surface area contributed by atoms with Crippen LogP contribution in [0.5, 0.6) is 0 Å². The number of esters is 1. The molecule has 2 aromatic carbocycles. The number of nitrogens with one attached hydrogen (secondary N) is 1. The average molecular weight is 598 g/mol. The van der Waals surface area contributed by atoms with Gasteiger partial charge in [-0.15, -0.1) is 0 Å². The highest BCUT2D eigenvalue weighted by Crippen LogP contribution is 2.43. The van der Waals surface area contributed by atoms with Crippen molar-refractivity contribution in [2.75, 3.05) is 74.4 Å². The number of fused-ring (bicyclic) bond motifs is 3. The summed E-state index contributed by atoms with van der Waals surface area (Å²) in [5.74, 6) is 1.68. The molecule has 2 saturated heterocycles. The van der Waals surface area contributed by atoms with Crippen molar-refractivity contribution in [2.24, 2.45) is 0 Å². The van der Waals surface area contributed by atoms with E-state index in [4.69, 9.17) is 29.2 Å². The van der Waals surface area contributed by atoms with E-state index >= 15 is 0 Å². The minimum absolute atomic E-state index is 0.328. The number of nitrogens with zero attached hydrogens (tertiary/aromatic N) is 6. The van der Waals surface area contributed by atoms with Gasteiger partial charge in [-0.3, -0.25) is 0 Å². The Hall–Kier alpha value is -4.22. The second-order valence-corrected chi connectivity index (χ2v) is 11.9. The van der Waals surface area contributed by atoms with Crippen LogP contribution in [0.2, 0.25) is 0 Å². The van der Waals surface area contributed by atoms with Crippen LogP contribution in [0.1, 0.15) is 48.2 Å². The third-order valence-electron chi connectivity index (χ3n) is 8.94. The number of aromatic nitrogens is 4. The first-order valence-electron chi connectivity index (χ1n) is 15.5. The van der Waals surface area contributed by atoms with Crippen molar-refractivity contribution in [3.63, 3.8) is 0 Å². The summed E-state index contributed by atoms with van der Waals surface area (Å²) in [7, 11) is 1.45. The average Bonchev–Trinajstić information content (AvgIpc) is 3.46. The van der Waals surface area contributed by atoms with E-state index in [1.165, 1.54) is 12.7 Å². The molecule has 2 fully saturated rings. The van der Waals surface area contributed by atoms with Gasteiger partial charge >= 0.3 is 5.97 Å². The second kappa shape index (κ2) is 12.0. The molecule has 2 aromatic heterocycles. The third kappa shape index (κ3) is 5.24. The number of ether oxygens (including phenoxy) is 3. The van der Waals surface area contributed by atoms with E-state index in [0.717, 1.165) is 27.7 Å². The van der Waals surface area contributed by atoms with Crippen molar-refractivity contribution in [3.05, 3.63) is 70.9 Å². The Bertz CT molecular complexity index is 1590. The number of morpholine rings is 2. The third-order valence-corrected chi connectivity index (χ3v) is 8.94. The summed E-state index contributed by atoms with van der Waals surface area (Å²) in [5.41, 5.74) is 5.47. The standard InChI is InChI=1S/C33H39N7O4/c1-21(2)22-8-10-23(11-9-22)29-28-25(24-6-4-5-7-26(24)34-28)20-27(30(41)42-3)40(29)33-36-31(38-12-16-43-17-13-38)35-32(37-33)39-14-18-44-19-15-39/h4-11,21,27,29,34H,12-20H2,1-3H3/t27-,29-/m0/s1. The van der Waals surface area contributed by atoms with Crippen LogP contribution < -0.4 is 14.7 Å². The number of hydrogen-bond acceptors (Lipinski definition) is 10. The summed E-state index contributed by atoms with van der Waals surface area (Å²) in [6, 6.07) is 15.9. The van der Waals surface area contributed by atoms with Gasteiger partial charge in [0, 0.05) is 49.2 Å². The Balaban J connectivity index is 1.44. The van der Waals surface area contributed by atoms with Crippen LogP contribution in [-0.2, 0) is 25.4 Å². The van der Waals surface area contributed by atoms with Gasteiger partial charge in [0.05, 0.1) is 39.6 Å². The molecule has 4 aromatic rings. The van der Waals surface area contributed by atoms with Crippen molar-refractivity contribution < 1.29 is 19.0 Å². The Morgan fingerprint density at radius 1 is 0.864 bits per heavy atom. The van der Waals surface area contributed by atoms with E-state index in [1.54, 1.807) is 0 Å². The van der Waals surface area contributed by atoms with Crippen LogP contribution >= 0.6 is 0 Å². The quantitative estimate of drug-likeness (QED) is 0.329. The molecule has 1 N–H and O–H groups in total. The van der Waals surface area contributed by atoms with Gasteiger partial charge in [-0.25, -0.2) is 4.79 Å². The Labute approximate surface area is 257 Å². The first-order chi connectivity index (χ1) is 21.5. The van der Waals surface area contributed by atoms with E-state index < -0.39 is 6.04 Å². The number of aromatic amines is 1. The lowest BCUT2D eigenvalue weighted by Crippen LogP contribution is -2.50. The maximum absolute atomic E-state index is 13.7. The van der Waals surface area contributed by atoms with Crippen molar-refractivity contribution in [1.82, 2.24) is 19.9 Å². The summed E-state index contributed by atoms with van der Waals surface area (Å²) in [6.07, 6.45) is 0.456. The number of anilines is 3. The Morgan fingerprint density at radius 3 is 2.05 bits per heavy atom. The van der Waals surface area contributed by atoms with Gasteiger partial charge in [-0.2, -0.15) is 15.0 Å². The fourth-order valence-electron chi connectivity index (χ4n) is 6.53. The molecule has 0 unspecified atom stereocenters. The van der Waals surface area contributed by atoms with Crippen LogP contribution in [0.25, 0.3) is 10.9 Å². The minimum Gasteiger partial charge on any atom is -0.467 e. The van der Waals surface area contributed by atoms with E-state index in [1.807, 2.05) is 17.0 Å². The van der Waals surface area contributed by atoms with E-state index in [0.29, 0.717) is 82.8 Å². The van der Waals surface area contributed by atoms with Gasteiger partial charge in [0.1, 0.15) is 6.04 Å². The summed E-state index contributed by atoms with van der Waals surface area (Å²) in [6.45, 7) is 9.51. The Morgan fingerprint density at radius 2 is 1.45 bits per heavy atom. The lowest BCUT2D eigenvalue weighted by atomic mass is 9.87. The number of rotatable bonds is 6. The molecule has 0 spiro atoms. The fourth-order valence-corrected chi connectivity index (χ4v) is 6.53. The minimum atomic E-state index is -0.654. The van der Waals surface area contributed by atoms with E-state index in [-0.39, 0.29) is 12.0 Å². The van der Waals surface area contributed by atoms with Crippen LogP contribution in [0, 0.1) is 0 Å². The fraction of sp³-hybridized carbons (Fsp3) is 0.455. The van der Waals surface area contributed by atoms with E-state index in [2.05, 4.69) is 65.0 Å². The van der Waals surface area contributed by atoms with Crippen molar-refractivity contribution >= 4 is 34.7 Å². The second-order valence-electron chi connectivity index (χ2n) is 11.9. The topological polar surface area (TPSA) is 109 Å². The molecule has 3 aliphatic rings. The zero-order valence-electron chi connectivity index (χ0n) is 25.5. The highest BCUT2D eigenvalue weighted by atomic mass is 16.5. The van der Waals surface area contributed by atoms with Crippen LogP contribution in [0.3, 0.4) is 0 Å². The highest BCUT2D eigenvalue weighted by Gasteiger charge is 2.43. The number of carbonyl (C=O) groups excluding carboxylic acids is 1. The summed E-state index contributed by atoms with van der Waals surface area (Å²) >= 11 is 0. The molecular formula is C33H39N7O4. The van der Waals surface area contributed by atoms with Gasteiger partial charge in [-0.05, 0) is 28.7 Å². The first-order valence-corrected chi connectivity index (χ1v) is 15.5. The normalized spacial score (nSPS) is 20.7. The maximum Gasteiger partial charge on any atom is 0.328 e.